The number of aryl methyl sites for hydroxylation is 2. The second-order valence-corrected chi connectivity index (χ2v) is 5.48. The van der Waals surface area contributed by atoms with Crippen LogP contribution in [-0.2, 0) is 22.4 Å². The third kappa shape index (κ3) is 4.18. The Morgan fingerprint density at radius 2 is 1.55 bits per heavy atom. The normalized spacial score (nSPS) is 13.4. The van der Waals surface area contributed by atoms with E-state index in [1.807, 2.05) is 42.5 Å². The van der Waals surface area contributed by atoms with Crippen molar-refractivity contribution >= 4 is 5.97 Å². The third-order valence-electron chi connectivity index (χ3n) is 3.91. The Hall–Kier alpha value is -2.13. The highest BCUT2D eigenvalue weighted by Gasteiger charge is 2.23. The highest BCUT2D eigenvalue weighted by Crippen LogP contribution is 2.23. The van der Waals surface area contributed by atoms with E-state index in [9.17, 15) is 9.90 Å². The SMILES string of the molecule is COC(=O)C(C)C(O)c1ccc(CCc2ccccc2)cc1. The van der Waals surface area contributed by atoms with Crippen LogP contribution in [0.15, 0.2) is 54.6 Å². The van der Waals surface area contributed by atoms with Gasteiger partial charge in [0.05, 0.1) is 19.1 Å². The Bertz CT molecular complexity index is 590. The molecule has 2 rings (SSSR count). The second kappa shape index (κ2) is 7.76. The fourth-order valence-electron chi connectivity index (χ4n) is 2.42. The highest BCUT2D eigenvalue weighted by molar-refractivity contribution is 5.72. The fraction of sp³-hybridized carbons (Fsp3) is 0.316. The van der Waals surface area contributed by atoms with Gasteiger partial charge < -0.3 is 9.84 Å². The molecule has 2 atom stereocenters. The van der Waals surface area contributed by atoms with Crippen molar-refractivity contribution in [3.8, 4) is 0 Å². The van der Waals surface area contributed by atoms with Gasteiger partial charge in [0, 0.05) is 0 Å². The molecule has 0 aliphatic heterocycles. The van der Waals surface area contributed by atoms with Crippen molar-refractivity contribution in [1.82, 2.24) is 0 Å². The van der Waals surface area contributed by atoms with E-state index in [1.54, 1.807) is 6.92 Å². The molecule has 0 spiro atoms. The van der Waals surface area contributed by atoms with Gasteiger partial charge in [0.25, 0.3) is 0 Å². The number of ether oxygens (including phenoxy) is 1. The largest absolute Gasteiger partial charge is 0.469 e. The molecular formula is C19H22O3. The predicted octanol–water partition coefficient (Wildman–Crippen LogP) is 3.31. The van der Waals surface area contributed by atoms with E-state index in [2.05, 4.69) is 16.9 Å². The number of hydrogen-bond acceptors (Lipinski definition) is 3. The number of aliphatic hydroxyl groups excluding tert-OH is 1. The number of methoxy groups -OCH3 is 1. The van der Waals surface area contributed by atoms with Crippen molar-refractivity contribution in [3.63, 3.8) is 0 Å². The Kier molecular flexibility index (Phi) is 5.73. The van der Waals surface area contributed by atoms with Gasteiger partial charge in [-0.3, -0.25) is 4.79 Å². The molecule has 0 aromatic heterocycles. The molecule has 0 amide bonds. The summed E-state index contributed by atoms with van der Waals surface area (Å²) in [7, 11) is 1.33. The minimum Gasteiger partial charge on any atom is -0.469 e. The van der Waals surface area contributed by atoms with Crippen molar-refractivity contribution < 1.29 is 14.6 Å². The van der Waals surface area contributed by atoms with E-state index in [-0.39, 0.29) is 0 Å². The van der Waals surface area contributed by atoms with Gasteiger partial charge in [-0.2, -0.15) is 0 Å². The number of rotatable bonds is 6. The molecule has 0 saturated carbocycles. The molecule has 0 heterocycles. The molecule has 2 aromatic rings. The van der Waals surface area contributed by atoms with E-state index in [0.717, 1.165) is 18.4 Å². The van der Waals surface area contributed by atoms with Gasteiger partial charge in [-0.1, -0.05) is 54.6 Å². The molecule has 1 N–H and O–H groups in total. The quantitative estimate of drug-likeness (QED) is 0.832. The van der Waals surface area contributed by atoms with Crippen LogP contribution in [0.5, 0.6) is 0 Å². The Labute approximate surface area is 131 Å². The zero-order chi connectivity index (χ0) is 15.9. The van der Waals surface area contributed by atoms with Crippen LogP contribution in [0.4, 0.5) is 0 Å². The van der Waals surface area contributed by atoms with Crippen molar-refractivity contribution in [1.29, 1.82) is 0 Å². The zero-order valence-electron chi connectivity index (χ0n) is 13.0. The number of benzene rings is 2. The van der Waals surface area contributed by atoms with E-state index in [4.69, 9.17) is 0 Å². The Morgan fingerprint density at radius 3 is 2.09 bits per heavy atom. The highest BCUT2D eigenvalue weighted by atomic mass is 16.5. The molecule has 2 aromatic carbocycles. The first-order valence-electron chi connectivity index (χ1n) is 7.50. The maximum Gasteiger partial charge on any atom is 0.311 e. The molecular weight excluding hydrogens is 276 g/mol. The van der Waals surface area contributed by atoms with Crippen LogP contribution in [0, 0.1) is 5.92 Å². The first-order chi connectivity index (χ1) is 10.6. The zero-order valence-corrected chi connectivity index (χ0v) is 13.0. The summed E-state index contributed by atoms with van der Waals surface area (Å²) in [5, 5.41) is 10.2. The minimum absolute atomic E-state index is 0.402. The molecule has 0 radical (unpaired) electrons. The first kappa shape index (κ1) is 16.2. The van der Waals surface area contributed by atoms with E-state index < -0.39 is 18.0 Å². The van der Waals surface area contributed by atoms with Crippen LogP contribution >= 0.6 is 0 Å². The third-order valence-corrected chi connectivity index (χ3v) is 3.91. The number of carbonyl (C=O) groups excluding carboxylic acids is 1. The Balaban J connectivity index is 1.96. The number of aliphatic hydroxyl groups is 1. The van der Waals surface area contributed by atoms with Gasteiger partial charge in [0.2, 0.25) is 0 Å². The van der Waals surface area contributed by atoms with E-state index in [0.29, 0.717) is 0 Å². The van der Waals surface area contributed by atoms with Crippen LogP contribution in [-0.4, -0.2) is 18.2 Å². The lowest BCUT2D eigenvalue weighted by Crippen LogP contribution is -2.20. The molecule has 3 nitrogen and oxygen atoms in total. The average molecular weight is 298 g/mol. The summed E-state index contributed by atoms with van der Waals surface area (Å²) in [4.78, 5) is 11.5. The van der Waals surface area contributed by atoms with E-state index in [1.165, 1.54) is 18.2 Å². The molecule has 3 heteroatoms. The van der Waals surface area contributed by atoms with Crippen molar-refractivity contribution in [2.24, 2.45) is 5.92 Å². The second-order valence-electron chi connectivity index (χ2n) is 5.48. The van der Waals surface area contributed by atoms with Crippen molar-refractivity contribution in [3.05, 3.63) is 71.3 Å². The van der Waals surface area contributed by atoms with Gasteiger partial charge in [0.1, 0.15) is 0 Å². The maximum atomic E-state index is 11.5. The molecule has 2 unspecified atom stereocenters. The molecule has 0 saturated heterocycles. The standard InChI is InChI=1S/C19H22O3/c1-14(19(21)22-2)18(20)17-12-10-16(11-13-17)9-8-15-6-4-3-5-7-15/h3-7,10-14,18,20H,8-9H2,1-2H3. The minimum atomic E-state index is -0.837. The monoisotopic (exact) mass is 298 g/mol. The lowest BCUT2D eigenvalue weighted by atomic mass is 9.95. The van der Waals surface area contributed by atoms with Gasteiger partial charge >= 0.3 is 5.97 Å². The number of esters is 1. The summed E-state index contributed by atoms with van der Waals surface area (Å²) in [6, 6.07) is 18.1. The van der Waals surface area contributed by atoms with Gasteiger partial charge in [-0.05, 0) is 36.5 Å². The van der Waals surface area contributed by atoms with Crippen LogP contribution in [0.1, 0.15) is 29.7 Å². The molecule has 116 valence electrons. The van der Waals surface area contributed by atoms with Crippen LogP contribution in [0.25, 0.3) is 0 Å². The summed E-state index contributed by atoms with van der Waals surface area (Å²) in [6.07, 6.45) is 1.10. The molecule has 0 bridgehead atoms. The molecule has 0 aliphatic rings. The summed E-state index contributed by atoms with van der Waals surface area (Å²) in [5.41, 5.74) is 3.26. The average Bonchev–Trinajstić information content (AvgIpc) is 2.59. The van der Waals surface area contributed by atoms with Gasteiger partial charge in [-0.25, -0.2) is 0 Å². The predicted molar refractivity (Wildman–Crippen MR) is 86.4 cm³/mol. The summed E-state index contributed by atoms with van der Waals surface area (Å²) in [6.45, 7) is 1.67. The van der Waals surface area contributed by atoms with Crippen molar-refractivity contribution in [2.75, 3.05) is 7.11 Å². The van der Waals surface area contributed by atoms with E-state index >= 15 is 0 Å². The lowest BCUT2D eigenvalue weighted by molar-refractivity contribution is -0.148. The van der Waals surface area contributed by atoms with Crippen molar-refractivity contribution in [2.45, 2.75) is 25.9 Å². The Morgan fingerprint density at radius 1 is 1.00 bits per heavy atom. The summed E-state index contributed by atoms with van der Waals surface area (Å²) >= 11 is 0. The fourth-order valence-corrected chi connectivity index (χ4v) is 2.42. The first-order valence-corrected chi connectivity index (χ1v) is 7.50. The molecule has 0 fully saturated rings. The van der Waals surface area contributed by atoms with Gasteiger partial charge in [0.15, 0.2) is 0 Å². The van der Waals surface area contributed by atoms with Crippen LogP contribution in [0.3, 0.4) is 0 Å². The van der Waals surface area contributed by atoms with Crippen LogP contribution < -0.4 is 0 Å². The molecule has 22 heavy (non-hydrogen) atoms. The topological polar surface area (TPSA) is 46.5 Å². The number of carbonyl (C=O) groups is 1. The van der Waals surface area contributed by atoms with Gasteiger partial charge in [-0.15, -0.1) is 0 Å². The number of hydrogen-bond donors (Lipinski definition) is 1. The maximum absolute atomic E-state index is 11.5. The van der Waals surface area contributed by atoms with Crippen LogP contribution in [0.2, 0.25) is 0 Å². The lowest BCUT2D eigenvalue weighted by Gasteiger charge is -2.17. The smallest absolute Gasteiger partial charge is 0.311 e. The summed E-state index contributed by atoms with van der Waals surface area (Å²) in [5.74, 6) is -0.971. The summed E-state index contributed by atoms with van der Waals surface area (Å²) < 4.78 is 4.67. The molecule has 0 aliphatic carbocycles.